The topological polar surface area (TPSA) is 137 Å². The fraction of sp³-hybridized carbons (Fsp3) is 0.320. The molecule has 0 aromatic heterocycles. The molecule has 4 rings (SSSR count). The molecule has 3 N–H and O–H groups in total. The largest absolute Gasteiger partial charge is 0.492 e. The minimum Gasteiger partial charge on any atom is -0.492 e. The van der Waals surface area contributed by atoms with Gasteiger partial charge in [0.2, 0.25) is 23.6 Å². The molecular weight excluding hydrogens is 466 g/mol. The van der Waals surface area contributed by atoms with Crippen LogP contribution in [0.25, 0.3) is 0 Å². The number of ether oxygens (including phenoxy) is 1. The zero-order valence-corrected chi connectivity index (χ0v) is 19.8. The van der Waals surface area contributed by atoms with Crippen LogP contribution < -0.4 is 25.6 Å². The minimum absolute atomic E-state index is 0.00316. The van der Waals surface area contributed by atoms with Crippen molar-refractivity contribution in [3.05, 3.63) is 48.5 Å². The third-order valence-electron chi connectivity index (χ3n) is 5.89. The summed E-state index contributed by atoms with van der Waals surface area (Å²) in [7, 11) is 0. The first-order valence-corrected chi connectivity index (χ1v) is 11.7. The molecule has 2 aromatic rings. The molecule has 0 radical (unpaired) electrons. The molecule has 0 bridgehead atoms. The zero-order valence-electron chi connectivity index (χ0n) is 19.8. The van der Waals surface area contributed by atoms with Gasteiger partial charge < -0.3 is 25.6 Å². The highest BCUT2D eigenvalue weighted by atomic mass is 16.5. The number of imide groups is 1. The van der Waals surface area contributed by atoms with Gasteiger partial charge in [0.15, 0.2) is 0 Å². The highest BCUT2D eigenvalue weighted by Gasteiger charge is 2.36. The molecule has 11 heteroatoms. The maximum absolute atomic E-state index is 12.8. The molecule has 2 fully saturated rings. The summed E-state index contributed by atoms with van der Waals surface area (Å²) in [4.78, 5) is 63.3. The van der Waals surface area contributed by atoms with Gasteiger partial charge in [-0.15, -0.1) is 0 Å². The van der Waals surface area contributed by atoms with E-state index in [2.05, 4.69) is 16.0 Å². The number of anilines is 3. The van der Waals surface area contributed by atoms with Crippen LogP contribution in [0.4, 0.5) is 21.9 Å². The Morgan fingerprint density at radius 3 is 2.36 bits per heavy atom. The van der Waals surface area contributed by atoms with Crippen LogP contribution in [0.15, 0.2) is 48.5 Å². The van der Waals surface area contributed by atoms with Crippen LogP contribution in [0.5, 0.6) is 5.75 Å². The number of hydrogen-bond acceptors (Lipinski definition) is 6. The summed E-state index contributed by atoms with van der Waals surface area (Å²) in [6.07, 6.45) is 0.0637. The first-order chi connectivity index (χ1) is 17.4. The van der Waals surface area contributed by atoms with E-state index in [-0.39, 0.29) is 56.1 Å². The van der Waals surface area contributed by atoms with Gasteiger partial charge in [-0.3, -0.25) is 24.1 Å². The van der Waals surface area contributed by atoms with Gasteiger partial charge in [0.25, 0.3) is 0 Å². The van der Waals surface area contributed by atoms with E-state index >= 15 is 0 Å². The lowest BCUT2D eigenvalue weighted by Gasteiger charge is -2.20. The maximum atomic E-state index is 12.8. The molecule has 2 aromatic carbocycles. The number of benzene rings is 2. The molecule has 188 valence electrons. The predicted octanol–water partition coefficient (Wildman–Crippen LogP) is 1.96. The number of rotatable bonds is 9. The van der Waals surface area contributed by atoms with Gasteiger partial charge in [0.05, 0.1) is 24.8 Å². The highest BCUT2D eigenvalue weighted by Crippen LogP contribution is 2.33. The van der Waals surface area contributed by atoms with Crippen molar-refractivity contribution in [3.63, 3.8) is 0 Å². The summed E-state index contributed by atoms with van der Waals surface area (Å²) in [6.45, 7) is 2.53. The van der Waals surface area contributed by atoms with Gasteiger partial charge in [0, 0.05) is 37.3 Å². The average Bonchev–Trinajstić information content (AvgIpc) is 3.41. The molecule has 0 saturated carbocycles. The van der Waals surface area contributed by atoms with Gasteiger partial charge >= 0.3 is 6.03 Å². The predicted molar refractivity (Wildman–Crippen MR) is 132 cm³/mol. The first kappa shape index (κ1) is 24.7. The van der Waals surface area contributed by atoms with Crippen molar-refractivity contribution in [1.29, 1.82) is 0 Å². The molecule has 0 aliphatic carbocycles. The van der Waals surface area contributed by atoms with Crippen molar-refractivity contribution in [2.24, 2.45) is 5.92 Å². The molecule has 2 saturated heterocycles. The van der Waals surface area contributed by atoms with E-state index in [0.29, 0.717) is 29.4 Å². The molecule has 2 aliphatic heterocycles. The van der Waals surface area contributed by atoms with Crippen LogP contribution >= 0.6 is 0 Å². The third-order valence-corrected chi connectivity index (χ3v) is 5.89. The van der Waals surface area contributed by atoms with Crippen LogP contribution in [-0.2, 0) is 19.2 Å². The second kappa shape index (κ2) is 10.9. The standard InChI is InChI=1S/C25H27N5O6/c1-2-36-20-6-4-3-5-19(20)30-15-16(13-22(30)32)24(34)28-18-9-7-17(8-10-18)27-21(31)11-12-29-23(33)14-26-25(29)35/h3-10,16H,2,11-15H2,1H3,(H,26,35)(H,27,31)(H,28,34). The van der Waals surface area contributed by atoms with Crippen molar-refractivity contribution in [2.75, 3.05) is 41.8 Å². The Morgan fingerprint density at radius 2 is 1.69 bits per heavy atom. The molecular formula is C25H27N5O6. The van der Waals surface area contributed by atoms with Crippen molar-refractivity contribution >= 4 is 46.7 Å². The van der Waals surface area contributed by atoms with Crippen molar-refractivity contribution in [2.45, 2.75) is 19.8 Å². The van der Waals surface area contributed by atoms with Crippen LogP contribution in [-0.4, -0.2) is 60.8 Å². The van der Waals surface area contributed by atoms with Crippen LogP contribution in [0.1, 0.15) is 19.8 Å². The van der Waals surface area contributed by atoms with Crippen molar-refractivity contribution in [1.82, 2.24) is 10.2 Å². The second-order valence-electron chi connectivity index (χ2n) is 8.37. The summed E-state index contributed by atoms with van der Waals surface area (Å²) in [5, 5.41) is 7.91. The quantitative estimate of drug-likeness (QED) is 0.457. The first-order valence-electron chi connectivity index (χ1n) is 11.7. The zero-order chi connectivity index (χ0) is 25.7. The lowest BCUT2D eigenvalue weighted by molar-refractivity contribution is -0.125. The van der Waals surface area contributed by atoms with Gasteiger partial charge in [-0.25, -0.2) is 4.79 Å². The number of carbonyl (C=O) groups excluding carboxylic acids is 5. The molecule has 2 heterocycles. The van der Waals surface area contributed by atoms with Gasteiger partial charge in [-0.1, -0.05) is 12.1 Å². The highest BCUT2D eigenvalue weighted by molar-refractivity contribution is 6.04. The molecule has 0 spiro atoms. The van der Waals surface area contributed by atoms with E-state index in [4.69, 9.17) is 4.74 Å². The van der Waals surface area contributed by atoms with Crippen LogP contribution in [0.3, 0.4) is 0 Å². The Kier molecular flexibility index (Phi) is 7.47. The Labute approximate surface area is 207 Å². The number of carbonyl (C=O) groups is 5. The average molecular weight is 494 g/mol. The van der Waals surface area contributed by atoms with Crippen LogP contribution in [0.2, 0.25) is 0 Å². The fourth-order valence-corrected chi connectivity index (χ4v) is 4.07. The fourth-order valence-electron chi connectivity index (χ4n) is 4.07. The smallest absolute Gasteiger partial charge is 0.324 e. The van der Waals surface area contributed by atoms with Crippen molar-refractivity contribution < 1.29 is 28.7 Å². The van der Waals surface area contributed by atoms with E-state index in [9.17, 15) is 24.0 Å². The molecule has 1 atom stereocenters. The molecule has 6 amide bonds. The minimum atomic E-state index is -0.517. The van der Waals surface area contributed by atoms with E-state index in [1.54, 1.807) is 41.3 Å². The summed E-state index contributed by atoms with van der Waals surface area (Å²) in [6, 6.07) is 13.3. The lowest BCUT2D eigenvalue weighted by Crippen LogP contribution is -2.33. The second-order valence-corrected chi connectivity index (χ2v) is 8.37. The van der Waals surface area contributed by atoms with E-state index in [1.165, 1.54) is 0 Å². The molecule has 2 aliphatic rings. The number of urea groups is 1. The molecule has 36 heavy (non-hydrogen) atoms. The van der Waals surface area contributed by atoms with Gasteiger partial charge in [0.1, 0.15) is 5.75 Å². The van der Waals surface area contributed by atoms with Crippen LogP contribution in [0, 0.1) is 5.92 Å². The molecule has 11 nitrogen and oxygen atoms in total. The Morgan fingerprint density at radius 1 is 1.00 bits per heavy atom. The number of hydrogen-bond donors (Lipinski definition) is 3. The Hall–Kier alpha value is -4.41. The van der Waals surface area contributed by atoms with E-state index in [0.717, 1.165) is 4.90 Å². The Bertz CT molecular complexity index is 1170. The van der Waals surface area contributed by atoms with Gasteiger partial charge in [-0.2, -0.15) is 0 Å². The number of amides is 6. The molecule has 1 unspecified atom stereocenters. The SMILES string of the molecule is CCOc1ccccc1N1CC(C(=O)Nc2ccc(NC(=O)CCN3C(=O)CNC3=O)cc2)CC1=O. The van der Waals surface area contributed by atoms with Crippen molar-refractivity contribution in [3.8, 4) is 5.75 Å². The monoisotopic (exact) mass is 493 g/mol. The number of nitrogens with zero attached hydrogens (tertiary/aromatic N) is 2. The third kappa shape index (κ3) is 5.62. The summed E-state index contributed by atoms with van der Waals surface area (Å²) in [5.74, 6) is -1.05. The summed E-state index contributed by atoms with van der Waals surface area (Å²) >= 11 is 0. The maximum Gasteiger partial charge on any atom is 0.324 e. The van der Waals surface area contributed by atoms with E-state index in [1.807, 2.05) is 19.1 Å². The van der Waals surface area contributed by atoms with Gasteiger partial charge in [-0.05, 0) is 43.3 Å². The number of nitrogens with one attached hydrogen (secondary N) is 3. The number of para-hydroxylation sites is 2. The lowest BCUT2D eigenvalue weighted by atomic mass is 10.1. The summed E-state index contributed by atoms with van der Waals surface area (Å²) in [5.41, 5.74) is 1.68. The Balaban J connectivity index is 1.29. The van der Waals surface area contributed by atoms with E-state index < -0.39 is 11.9 Å². The summed E-state index contributed by atoms with van der Waals surface area (Å²) < 4.78 is 5.62. The normalized spacial score (nSPS) is 17.2.